The van der Waals surface area contributed by atoms with Gasteiger partial charge in [-0.05, 0) is 44.2 Å². The third-order valence-electron chi connectivity index (χ3n) is 6.10. The second kappa shape index (κ2) is 7.44. The van der Waals surface area contributed by atoms with Crippen LogP contribution in [0.5, 0.6) is 0 Å². The van der Waals surface area contributed by atoms with Crippen LogP contribution in [0.25, 0.3) is 11.2 Å². The maximum Gasteiger partial charge on any atom is 0.330 e. The molecular formula is C17H25ClN5O5P. The average molecular weight is 446 g/mol. The third kappa shape index (κ3) is 3.36. The third-order valence-corrected chi connectivity index (χ3v) is 8.34. The zero-order valence-corrected chi connectivity index (χ0v) is 17.9. The molecule has 2 fully saturated rings. The van der Waals surface area contributed by atoms with Gasteiger partial charge < -0.3 is 29.6 Å². The molecule has 0 bridgehead atoms. The van der Waals surface area contributed by atoms with Crippen LogP contribution in [0.2, 0.25) is 5.28 Å². The molecule has 4 N–H and O–H groups in total. The van der Waals surface area contributed by atoms with Crippen molar-refractivity contribution in [3.63, 3.8) is 0 Å². The largest absolute Gasteiger partial charge is 0.390 e. The molecule has 0 spiro atoms. The number of aliphatic hydroxyl groups is 2. The average Bonchev–Trinajstić information content (AvgIpc) is 3.16. The highest BCUT2D eigenvalue weighted by Crippen LogP contribution is 2.71. The SMILES string of the molecule is CCOP(=O)(CC[C@@]12C[C@@H]1[C@@H](n1cnc3c(N)nc(Cl)nc31)[C@H](O)[C@@H]2O)OCC. The molecule has 2 heterocycles. The van der Waals surface area contributed by atoms with E-state index < -0.39 is 31.3 Å². The molecule has 2 aliphatic carbocycles. The zero-order chi connectivity index (χ0) is 21.0. The summed E-state index contributed by atoms with van der Waals surface area (Å²) in [7, 11) is -3.23. The lowest BCUT2D eigenvalue weighted by atomic mass is 9.96. The molecule has 0 saturated heterocycles. The second-order valence-electron chi connectivity index (χ2n) is 7.59. The van der Waals surface area contributed by atoms with Crippen molar-refractivity contribution in [2.24, 2.45) is 11.3 Å². The van der Waals surface area contributed by atoms with Crippen LogP contribution in [0.1, 0.15) is 32.7 Å². The first-order valence-electron chi connectivity index (χ1n) is 9.66. The summed E-state index contributed by atoms with van der Waals surface area (Å²) in [4.78, 5) is 12.4. The van der Waals surface area contributed by atoms with Crippen molar-refractivity contribution in [3.05, 3.63) is 11.6 Å². The molecule has 2 aromatic heterocycles. The number of nitrogen functional groups attached to an aromatic ring is 1. The van der Waals surface area contributed by atoms with E-state index in [1.807, 2.05) is 0 Å². The first-order valence-corrected chi connectivity index (χ1v) is 11.8. The van der Waals surface area contributed by atoms with Gasteiger partial charge in [0.05, 0.1) is 37.8 Å². The summed E-state index contributed by atoms with van der Waals surface area (Å²) in [6, 6.07) is -0.445. The van der Waals surface area contributed by atoms with Gasteiger partial charge in [-0.25, -0.2) is 4.98 Å². The fourth-order valence-corrected chi connectivity index (χ4v) is 6.72. The van der Waals surface area contributed by atoms with Gasteiger partial charge in [-0.1, -0.05) is 0 Å². The normalized spacial score (nSPS) is 31.3. The zero-order valence-electron chi connectivity index (χ0n) is 16.2. The Labute approximate surface area is 172 Å². The molecule has 29 heavy (non-hydrogen) atoms. The van der Waals surface area contributed by atoms with E-state index in [2.05, 4.69) is 15.0 Å². The van der Waals surface area contributed by atoms with Gasteiger partial charge in [0.15, 0.2) is 11.5 Å². The van der Waals surface area contributed by atoms with Crippen molar-refractivity contribution in [1.29, 1.82) is 0 Å². The predicted octanol–water partition coefficient (Wildman–Crippen LogP) is 2.00. The standard InChI is InChI=1S/C17H25ClN5O5P/c1-3-27-29(26,28-4-2)6-5-17-7-9(17)11(12(24)13(17)25)23-8-20-10-14(19)21-16(18)22-15(10)23/h8-9,11-13,24-25H,3-7H2,1-2H3,(H2,19,21,22)/t9-,11-,12+,13+,17-/m1/s1. The molecule has 2 aliphatic rings. The highest BCUT2D eigenvalue weighted by atomic mass is 35.5. The number of rotatable bonds is 8. The van der Waals surface area contributed by atoms with E-state index in [-0.39, 0.29) is 36.4 Å². The Bertz CT molecular complexity index is 963. The lowest BCUT2D eigenvalue weighted by Gasteiger charge is -2.25. The van der Waals surface area contributed by atoms with Gasteiger partial charge >= 0.3 is 7.60 Å². The number of aliphatic hydroxyl groups excluding tert-OH is 2. The van der Waals surface area contributed by atoms with Gasteiger partial charge in [0.2, 0.25) is 5.28 Å². The van der Waals surface area contributed by atoms with Gasteiger partial charge in [-0.15, -0.1) is 0 Å². The van der Waals surface area contributed by atoms with Crippen LogP contribution in [-0.2, 0) is 13.6 Å². The topological polar surface area (TPSA) is 146 Å². The van der Waals surface area contributed by atoms with Crippen LogP contribution in [0.15, 0.2) is 6.33 Å². The van der Waals surface area contributed by atoms with Gasteiger partial charge in [0, 0.05) is 5.41 Å². The van der Waals surface area contributed by atoms with Crippen LogP contribution < -0.4 is 5.73 Å². The summed E-state index contributed by atoms with van der Waals surface area (Å²) < 4.78 is 25.3. The Balaban J connectivity index is 1.60. The molecule has 2 aromatic rings. The first kappa shape index (κ1) is 21.0. The van der Waals surface area contributed by atoms with Gasteiger partial charge in [-0.2, -0.15) is 9.97 Å². The summed E-state index contributed by atoms with van der Waals surface area (Å²) in [6.45, 7) is 4.09. The molecule has 2 saturated carbocycles. The summed E-state index contributed by atoms with van der Waals surface area (Å²) in [5, 5.41) is 21.6. The quantitative estimate of drug-likeness (QED) is 0.410. The van der Waals surface area contributed by atoms with Crippen molar-refractivity contribution in [2.45, 2.75) is 44.9 Å². The number of imidazole rings is 1. The number of fused-ring (bicyclic) bond motifs is 2. The van der Waals surface area contributed by atoms with E-state index in [0.29, 0.717) is 24.0 Å². The van der Waals surface area contributed by atoms with Crippen molar-refractivity contribution in [3.8, 4) is 0 Å². The van der Waals surface area contributed by atoms with E-state index in [1.165, 1.54) is 6.33 Å². The molecule has 0 aromatic carbocycles. The van der Waals surface area contributed by atoms with Crippen LogP contribution in [0.3, 0.4) is 0 Å². The second-order valence-corrected chi connectivity index (χ2v) is 10.1. The van der Waals surface area contributed by atoms with Gasteiger partial charge in [0.25, 0.3) is 0 Å². The molecule has 0 radical (unpaired) electrons. The predicted molar refractivity (Wildman–Crippen MR) is 107 cm³/mol. The molecule has 10 nitrogen and oxygen atoms in total. The number of hydrogen-bond acceptors (Lipinski definition) is 9. The highest BCUT2D eigenvalue weighted by molar-refractivity contribution is 7.53. The molecular weight excluding hydrogens is 421 g/mol. The number of nitrogens with zero attached hydrogens (tertiary/aromatic N) is 4. The Morgan fingerprint density at radius 1 is 1.34 bits per heavy atom. The van der Waals surface area contributed by atoms with Gasteiger partial charge in [-0.3, -0.25) is 4.57 Å². The smallest absolute Gasteiger partial charge is 0.330 e. The van der Waals surface area contributed by atoms with E-state index in [1.54, 1.807) is 18.4 Å². The van der Waals surface area contributed by atoms with Crippen molar-refractivity contribution in [2.75, 3.05) is 25.1 Å². The van der Waals surface area contributed by atoms with Crippen LogP contribution in [0.4, 0.5) is 5.82 Å². The summed E-state index contributed by atoms with van der Waals surface area (Å²) >= 11 is 5.94. The summed E-state index contributed by atoms with van der Waals surface area (Å²) in [6.07, 6.45) is 0.830. The molecule has 5 atom stereocenters. The number of halogens is 1. The summed E-state index contributed by atoms with van der Waals surface area (Å²) in [5.74, 6) is 0.125. The number of hydrogen-bond donors (Lipinski definition) is 3. The van der Waals surface area contributed by atoms with Crippen molar-refractivity contribution >= 4 is 36.2 Å². The lowest BCUT2D eigenvalue weighted by Crippen LogP contribution is -2.34. The molecule has 0 aliphatic heterocycles. The molecule has 12 heteroatoms. The van der Waals surface area contributed by atoms with E-state index >= 15 is 0 Å². The van der Waals surface area contributed by atoms with Crippen molar-refractivity contribution < 1.29 is 23.8 Å². The minimum Gasteiger partial charge on any atom is -0.390 e. The molecule has 0 amide bonds. The summed E-state index contributed by atoms with van der Waals surface area (Å²) in [5.41, 5.74) is 6.13. The minimum absolute atomic E-state index is 0.0128. The van der Waals surface area contributed by atoms with Gasteiger partial charge in [0.1, 0.15) is 11.6 Å². The molecule has 0 unspecified atom stereocenters. The number of anilines is 1. The number of nitrogens with two attached hydrogens (primary N) is 1. The van der Waals surface area contributed by atoms with Crippen LogP contribution in [-0.4, -0.2) is 61.3 Å². The molecule has 4 rings (SSSR count). The highest BCUT2D eigenvalue weighted by Gasteiger charge is 2.71. The van der Waals surface area contributed by atoms with E-state index in [0.717, 1.165) is 0 Å². The van der Waals surface area contributed by atoms with Crippen molar-refractivity contribution in [1.82, 2.24) is 19.5 Å². The van der Waals surface area contributed by atoms with Crippen LogP contribution >= 0.6 is 19.2 Å². The minimum atomic E-state index is -3.23. The fraction of sp³-hybridized carbons (Fsp3) is 0.706. The maximum atomic E-state index is 12.8. The number of aromatic nitrogens is 4. The Morgan fingerprint density at radius 3 is 2.69 bits per heavy atom. The Morgan fingerprint density at radius 2 is 2.03 bits per heavy atom. The first-order chi connectivity index (χ1) is 13.8. The lowest BCUT2D eigenvalue weighted by molar-refractivity contribution is -0.0184. The monoisotopic (exact) mass is 445 g/mol. The maximum absolute atomic E-state index is 12.8. The van der Waals surface area contributed by atoms with Crippen LogP contribution in [0, 0.1) is 11.3 Å². The molecule has 160 valence electrons. The fourth-order valence-electron chi connectivity index (χ4n) is 4.74. The van der Waals surface area contributed by atoms with E-state index in [4.69, 9.17) is 26.4 Å². The Hall–Kier alpha value is -1.29. The van der Waals surface area contributed by atoms with E-state index in [9.17, 15) is 14.8 Å². The Kier molecular flexibility index (Phi) is 5.38.